The van der Waals surface area contributed by atoms with Crippen molar-refractivity contribution in [3.05, 3.63) is 59.9 Å². The highest BCUT2D eigenvalue weighted by atomic mass is 16.2. The van der Waals surface area contributed by atoms with E-state index in [9.17, 15) is 9.59 Å². The van der Waals surface area contributed by atoms with Gasteiger partial charge in [-0.1, -0.05) is 18.2 Å². The van der Waals surface area contributed by atoms with Crippen LogP contribution in [0.2, 0.25) is 0 Å². The van der Waals surface area contributed by atoms with Crippen LogP contribution in [0.25, 0.3) is 16.7 Å². The molecule has 0 aliphatic carbocycles. The maximum Gasteiger partial charge on any atom is 0.253 e. The second-order valence-electron chi connectivity index (χ2n) is 7.83. The maximum absolute atomic E-state index is 13.0. The number of hydrogen-bond donors (Lipinski definition) is 0. The number of aryl methyl sites for hydroxylation is 1. The Labute approximate surface area is 170 Å². The highest BCUT2D eigenvalue weighted by molar-refractivity contribution is 5.98. The lowest BCUT2D eigenvalue weighted by Crippen LogP contribution is -2.42. The van der Waals surface area contributed by atoms with E-state index in [0.29, 0.717) is 31.5 Å². The first-order valence-corrected chi connectivity index (χ1v) is 10.0. The van der Waals surface area contributed by atoms with Crippen LogP contribution in [0, 0.1) is 12.8 Å². The predicted molar refractivity (Wildman–Crippen MR) is 113 cm³/mol. The summed E-state index contributed by atoms with van der Waals surface area (Å²) in [7, 11) is 3.57. The Morgan fingerprint density at radius 1 is 1.03 bits per heavy atom. The van der Waals surface area contributed by atoms with Crippen molar-refractivity contribution in [2.75, 3.05) is 27.2 Å². The number of rotatable bonds is 3. The summed E-state index contributed by atoms with van der Waals surface area (Å²) < 4.78 is 2.10. The average molecular weight is 390 g/mol. The summed E-state index contributed by atoms with van der Waals surface area (Å²) >= 11 is 0. The van der Waals surface area contributed by atoms with E-state index < -0.39 is 0 Å². The summed E-state index contributed by atoms with van der Waals surface area (Å²) in [5, 5.41) is 0. The summed E-state index contributed by atoms with van der Waals surface area (Å²) in [6.07, 6.45) is 1.43. The van der Waals surface area contributed by atoms with Crippen molar-refractivity contribution in [2.24, 2.45) is 5.92 Å². The van der Waals surface area contributed by atoms with Crippen molar-refractivity contribution in [3.63, 3.8) is 0 Å². The highest BCUT2D eigenvalue weighted by Gasteiger charge is 2.28. The Morgan fingerprint density at radius 2 is 1.72 bits per heavy atom. The van der Waals surface area contributed by atoms with Crippen LogP contribution in [0.15, 0.2) is 48.5 Å². The highest BCUT2D eigenvalue weighted by Crippen LogP contribution is 2.25. The number of nitrogens with zero attached hydrogens (tertiary/aromatic N) is 4. The van der Waals surface area contributed by atoms with Gasteiger partial charge in [-0.2, -0.15) is 0 Å². The Morgan fingerprint density at radius 3 is 2.38 bits per heavy atom. The van der Waals surface area contributed by atoms with E-state index in [-0.39, 0.29) is 17.7 Å². The van der Waals surface area contributed by atoms with Crippen LogP contribution < -0.4 is 0 Å². The van der Waals surface area contributed by atoms with Gasteiger partial charge < -0.3 is 9.80 Å². The molecule has 150 valence electrons. The molecule has 2 aromatic carbocycles. The fourth-order valence-corrected chi connectivity index (χ4v) is 4.11. The quantitative estimate of drug-likeness (QED) is 0.690. The minimum atomic E-state index is 0.00886. The van der Waals surface area contributed by atoms with Gasteiger partial charge in [0.2, 0.25) is 5.91 Å². The van der Waals surface area contributed by atoms with Crippen LogP contribution in [-0.4, -0.2) is 58.4 Å². The molecule has 3 aromatic rings. The second-order valence-corrected chi connectivity index (χ2v) is 7.83. The average Bonchev–Trinajstić information content (AvgIpc) is 3.08. The fraction of sp³-hybridized carbons (Fsp3) is 0.348. The zero-order valence-corrected chi connectivity index (χ0v) is 17.1. The monoisotopic (exact) mass is 390 g/mol. The lowest BCUT2D eigenvalue weighted by molar-refractivity contribution is -0.134. The van der Waals surface area contributed by atoms with Gasteiger partial charge in [0.15, 0.2) is 0 Å². The number of para-hydroxylation sites is 1. The summed E-state index contributed by atoms with van der Waals surface area (Å²) in [5.41, 5.74) is 3.50. The Hall–Kier alpha value is -3.15. The topological polar surface area (TPSA) is 58.4 Å². The number of fused-ring (bicyclic) bond motifs is 1. The maximum atomic E-state index is 13.0. The number of amides is 2. The second kappa shape index (κ2) is 7.70. The zero-order valence-electron chi connectivity index (χ0n) is 17.1. The predicted octanol–water partition coefficient (Wildman–Crippen LogP) is 3.27. The lowest BCUT2D eigenvalue weighted by atomic mass is 9.95. The third kappa shape index (κ3) is 3.62. The standard InChI is InChI=1S/C23H26N4O2/c1-16-24-20-15-18(9-10-21(20)27(16)19-7-5-4-6-8-19)23(29)26-13-11-17(12-14-26)22(28)25(2)3/h4-10,15,17H,11-14H2,1-3H3. The normalized spacial score (nSPS) is 14.9. The summed E-state index contributed by atoms with van der Waals surface area (Å²) in [6, 6.07) is 15.8. The minimum absolute atomic E-state index is 0.00886. The molecule has 29 heavy (non-hydrogen) atoms. The molecule has 1 aromatic heterocycles. The summed E-state index contributed by atoms with van der Waals surface area (Å²) in [6.45, 7) is 3.19. The van der Waals surface area contributed by atoms with Crippen LogP contribution in [0.1, 0.15) is 29.0 Å². The van der Waals surface area contributed by atoms with Gasteiger partial charge in [-0.25, -0.2) is 4.98 Å². The largest absolute Gasteiger partial charge is 0.349 e. The molecule has 1 saturated heterocycles. The molecule has 6 nitrogen and oxygen atoms in total. The molecule has 2 heterocycles. The van der Waals surface area contributed by atoms with Crippen LogP contribution >= 0.6 is 0 Å². The Bertz CT molecular complexity index is 1050. The van der Waals surface area contributed by atoms with E-state index in [4.69, 9.17) is 0 Å². The van der Waals surface area contributed by atoms with Gasteiger partial charge in [0.25, 0.3) is 5.91 Å². The van der Waals surface area contributed by atoms with E-state index in [1.54, 1.807) is 19.0 Å². The van der Waals surface area contributed by atoms with Gasteiger partial charge in [0, 0.05) is 44.4 Å². The summed E-state index contributed by atoms with van der Waals surface area (Å²) in [5.74, 6) is 1.06. The van der Waals surface area contributed by atoms with Gasteiger partial charge >= 0.3 is 0 Å². The number of likely N-dealkylation sites (tertiary alicyclic amines) is 1. The van der Waals surface area contributed by atoms with Gasteiger partial charge in [-0.15, -0.1) is 0 Å². The molecule has 0 unspecified atom stereocenters. The van der Waals surface area contributed by atoms with Crippen LogP contribution in [0.3, 0.4) is 0 Å². The molecular weight excluding hydrogens is 364 g/mol. The zero-order chi connectivity index (χ0) is 20.5. The van der Waals surface area contributed by atoms with Crippen molar-refractivity contribution in [3.8, 4) is 5.69 Å². The Kier molecular flexibility index (Phi) is 5.09. The molecule has 6 heteroatoms. The lowest BCUT2D eigenvalue weighted by Gasteiger charge is -2.32. The van der Waals surface area contributed by atoms with Crippen LogP contribution in [-0.2, 0) is 4.79 Å². The first-order chi connectivity index (χ1) is 14.0. The smallest absolute Gasteiger partial charge is 0.253 e. The molecular formula is C23H26N4O2. The fourth-order valence-electron chi connectivity index (χ4n) is 4.11. The van der Waals surface area contributed by atoms with Crippen molar-refractivity contribution < 1.29 is 9.59 Å². The third-order valence-corrected chi connectivity index (χ3v) is 5.66. The van der Waals surface area contributed by atoms with E-state index in [0.717, 1.165) is 22.5 Å². The molecule has 0 atom stereocenters. The van der Waals surface area contributed by atoms with Gasteiger partial charge in [0.05, 0.1) is 11.0 Å². The molecule has 0 N–H and O–H groups in total. The summed E-state index contributed by atoms with van der Waals surface area (Å²) in [4.78, 5) is 33.3. The number of carbonyl (C=O) groups is 2. The minimum Gasteiger partial charge on any atom is -0.349 e. The van der Waals surface area contributed by atoms with Crippen molar-refractivity contribution in [1.29, 1.82) is 0 Å². The van der Waals surface area contributed by atoms with E-state index >= 15 is 0 Å². The number of benzene rings is 2. The third-order valence-electron chi connectivity index (χ3n) is 5.66. The van der Waals surface area contributed by atoms with E-state index in [1.165, 1.54) is 0 Å². The Balaban J connectivity index is 1.55. The number of imidazole rings is 1. The van der Waals surface area contributed by atoms with Crippen molar-refractivity contribution in [1.82, 2.24) is 19.4 Å². The van der Waals surface area contributed by atoms with Crippen molar-refractivity contribution in [2.45, 2.75) is 19.8 Å². The van der Waals surface area contributed by atoms with Gasteiger partial charge in [0.1, 0.15) is 5.82 Å². The number of aromatic nitrogens is 2. The van der Waals surface area contributed by atoms with Crippen molar-refractivity contribution >= 4 is 22.8 Å². The molecule has 0 spiro atoms. The number of piperidine rings is 1. The molecule has 1 aliphatic heterocycles. The molecule has 0 bridgehead atoms. The SMILES string of the molecule is Cc1nc2cc(C(=O)N3CCC(C(=O)N(C)C)CC3)ccc2n1-c1ccccc1. The molecule has 0 saturated carbocycles. The molecule has 4 rings (SSSR count). The first-order valence-electron chi connectivity index (χ1n) is 10.0. The van der Waals surface area contributed by atoms with Crippen LogP contribution in [0.4, 0.5) is 0 Å². The van der Waals surface area contributed by atoms with E-state index in [1.807, 2.05) is 60.4 Å². The first kappa shape index (κ1) is 19.2. The van der Waals surface area contributed by atoms with Gasteiger partial charge in [-0.3, -0.25) is 14.2 Å². The number of hydrogen-bond acceptors (Lipinski definition) is 3. The molecule has 0 radical (unpaired) electrons. The molecule has 1 fully saturated rings. The number of carbonyl (C=O) groups excluding carboxylic acids is 2. The van der Waals surface area contributed by atoms with E-state index in [2.05, 4.69) is 9.55 Å². The molecule has 1 aliphatic rings. The van der Waals surface area contributed by atoms with Gasteiger partial charge in [-0.05, 0) is 50.1 Å². The van der Waals surface area contributed by atoms with Crippen LogP contribution in [0.5, 0.6) is 0 Å². The molecule has 2 amide bonds.